The van der Waals surface area contributed by atoms with Crippen LogP contribution in [0, 0.1) is 59.2 Å². The van der Waals surface area contributed by atoms with E-state index in [4.69, 9.17) is 0 Å². The van der Waals surface area contributed by atoms with Crippen LogP contribution in [0.3, 0.4) is 0 Å². The van der Waals surface area contributed by atoms with Gasteiger partial charge in [0.05, 0.1) is 0 Å². The van der Waals surface area contributed by atoms with Gasteiger partial charge in [-0.05, 0) is 136 Å². The number of hydrogen-bond acceptors (Lipinski definition) is 1. The molecular formula is C35H62O. The van der Waals surface area contributed by atoms with Crippen LogP contribution in [0.1, 0.15) is 156 Å². The van der Waals surface area contributed by atoms with Gasteiger partial charge in [0.2, 0.25) is 0 Å². The SMILES string of the molecule is CCCC1CCC(C2CCC(CC(=O)CC3CCC(C4CCC(CCC)CC4C)CC3)CC2)C(C)C1. The Morgan fingerprint density at radius 1 is 0.528 bits per heavy atom. The number of hydrogen-bond donors (Lipinski definition) is 0. The van der Waals surface area contributed by atoms with Crippen molar-refractivity contribution >= 4 is 5.78 Å². The first-order valence-electron chi connectivity index (χ1n) is 17.0. The van der Waals surface area contributed by atoms with Crippen molar-refractivity contribution in [1.82, 2.24) is 0 Å². The summed E-state index contributed by atoms with van der Waals surface area (Å²) in [6.07, 6.45) is 27.4. The van der Waals surface area contributed by atoms with Crippen LogP contribution in [-0.4, -0.2) is 5.78 Å². The highest BCUT2D eigenvalue weighted by Crippen LogP contribution is 2.47. The van der Waals surface area contributed by atoms with E-state index in [1.807, 2.05) is 0 Å². The van der Waals surface area contributed by atoms with E-state index >= 15 is 0 Å². The number of Topliss-reactive ketones (excluding diaryl/α,β-unsaturated/α-hetero) is 1. The lowest BCUT2D eigenvalue weighted by Gasteiger charge is -2.42. The third-order valence-corrected chi connectivity index (χ3v) is 12.1. The van der Waals surface area contributed by atoms with Crippen molar-refractivity contribution < 1.29 is 4.79 Å². The van der Waals surface area contributed by atoms with E-state index in [0.29, 0.717) is 17.6 Å². The Kier molecular flexibility index (Phi) is 11.3. The largest absolute Gasteiger partial charge is 0.300 e. The van der Waals surface area contributed by atoms with Crippen LogP contribution in [-0.2, 0) is 4.79 Å². The smallest absolute Gasteiger partial charge is 0.133 e. The summed E-state index contributed by atoms with van der Waals surface area (Å²) in [4.78, 5) is 13.0. The summed E-state index contributed by atoms with van der Waals surface area (Å²) in [6, 6.07) is 0. The molecule has 0 saturated heterocycles. The summed E-state index contributed by atoms with van der Waals surface area (Å²) in [5.41, 5.74) is 0. The van der Waals surface area contributed by atoms with Crippen LogP contribution < -0.4 is 0 Å². The first-order valence-corrected chi connectivity index (χ1v) is 17.0. The van der Waals surface area contributed by atoms with Gasteiger partial charge in [0.15, 0.2) is 0 Å². The molecule has 0 amide bonds. The van der Waals surface area contributed by atoms with Crippen molar-refractivity contribution in [3.8, 4) is 0 Å². The van der Waals surface area contributed by atoms with Crippen molar-refractivity contribution in [2.75, 3.05) is 0 Å². The lowest BCUT2D eigenvalue weighted by molar-refractivity contribution is -0.121. The van der Waals surface area contributed by atoms with Gasteiger partial charge in [-0.3, -0.25) is 4.79 Å². The number of carbonyl (C=O) groups excluding carboxylic acids is 1. The molecule has 1 nitrogen and oxygen atoms in total. The zero-order valence-electron chi connectivity index (χ0n) is 24.8. The van der Waals surface area contributed by atoms with Gasteiger partial charge in [-0.1, -0.05) is 66.2 Å². The Balaban J connectivity index is 1.11. The van der Waals surface area contributed by atoms with Gasteiger partial charge in [-0.25, -0.2) is 0 Å². The summed E-state index contributed by atoms with van der Waals surface area (Å²) < 4.78 is 0. The molecule has 0 aromatic carbocycles. The highest BCUT2D eigenvalue weighted by molar-refractivity contribution is 5.78. The standard InChI is InChI=1S/C35H62O/c1-5-7-27-13-19-34(25(3)21-27)31-15-9-29(10-16-31)23-33(36)24-30-11-17-32(18-12-30)35-20-14-28(8-6-2)22-26(35)4/h25-32,34-35H,5-24H2,1-4H3. The second-order valence-corrected chi connectivity index (χ2v) is 14.7. The summed E-state index contributed by atoms with van der Waals surface area (Å²) in [5, 5.41) is 0. The van der Waals surface area contributed by atoms with Gasteiger partial charge >= 0.3 is 0 Å². The molecule has 4 rings (SSSR count). The minimum atomic E-state index is 0.615. The maximum Gasteiger partial charge on any atom is 0.133 e. The fourth-order valence-corrected chi connectivity index (χ4v) is 10.2. The third-order valence-electron chi connectivity index (χ3n) is 12.1. The van der Waals surface area contributed by atoms with Crippen LogP contribution in [0.4, 0.5) is 0 Å². The topological polar surface area (TPSA) is 17.1 Å². The normalized spacial score (nSPS) is 42.2. The highest BCUT2D eigenvalue weighted by atomic mass is 16.1. The molecule has 0 aromatic rings. The van der Waals surface area contributed by atoms with E-state index in [0.717, 1.165) is 60.2 Å². The molecule has 0 heterocycles. The molecule has 0 spiro atoms. The monoisotopic (exact) mass is 498 g/mol. The van der Waals surface area contributed by atoms with Gasteiger partial charge in [0, 0.05) is 12.8 Å². The number of ketones is 1. The molecule has 6 unspecified atom stereocenters. The molecule has 208 valence electrons. The molecule has 4 aliphatic carbocycles. The maximum absolute atomic E-state index is 13.0. The van der Waals surface area contributed by atoms with Crippen molar-refractivity contribution in [2.45, 2.75) is 156 Å². The average Bonchev–Trinajstić information content (AvgIpc) is 2.86. The van der Waals surface area contributed by atoms with E-state index in [2.05, 4.69) is 27.7 Å². The van der Waals surface area contributed by atoms with E-state index in [1.54, 1.807) is 0 Å². The Morgan fingerprint density at radius 2 is 0.889 bits per heavy atom. The Bertz CT molecular complexity index is 583. The summed E-state index contributed by atoms with van der Waals surface area (Å²) in [7, 11) is 0. The molecule has 1 heteroatoms. The van der Waals surface area contributed by atoms with Crippen LogP contribution >= 0.6 is 0 Å². The fraction of sp³-hybridized carbons (Fsp3) is 0.971. The Morgan fingerprint density at radius 3 is 1.22 bits per heavy atom. The van der Waals surface area contributed by atoms with Gasteiger partial charge < -0.3 is 0 Å². The fourth-order valence-electron chi connectivity index (χ4n) is 10.2. The molecule has 0 bridgehead atoms. The highest BCUT2D eigenvalue weighted by Gasteiger charge is 2.37. The lowest BCUT2D eigenvalue weighted by atomic mass is 9.63. The second kappa shape index (κ2) is 14.2. The first kappa shape index (κ1) is 28.7. The Labute approximate surface area is 225 Å². The molecule has 0 N–H and O–H groups in total. The Hall–Kier alpha value is -0.330. The first-order chi connectivity index (χ1) is 17.5. The van der Waals surface area contributed by atoms with Crippen LogP contribution in [0.15, 0.2) is 0 Å². The molecule has 4 fully saturated rings. The molecule has 4 aliphatic rings. The molecule has 0 aliphatic heterocycles. The van der Waals surface area contributed by atoms with Gasteiger partial charge in [0.1, 0.15) is 5.78 Å². The minimum Gasteiger partial charge on any atom is -0.300 e. The van der Waals surface area contributed by atoms with E-state index in [1.165, 1.54) is 116 Å². The summed E-state index contributed by atoms with van der Waals surface area (Å²) in [5.74, 6) is 9.79. The molecule has 36 heavy (non-hydrogen) atoms. The zero-order chi connectivity index (χ0) is 25.5. The van der Waals surface area contributed by atoms with Crippen molar-refractivity contribution in [2.24, 2.45) is 59.2 Å². The minimum absolute atomic E-state index is 0.615. The van der Waals surface area contributed by atoms with E-state index < -0.39 is 0 Å². The van der Waals surface area contributed by atoms with Crippen LogP contribution in [0.2, 0.25) is 0 Å². The molecule has 4 saturated carbocycles. The molecule has 6 atom stereocenters. The van der Waals surface area contributed by atoms with Gasteiger partial charge in [0.25, 0.3) is 0 Å². The predicted molar refractivity (Wildman–Crippen MR) is 155 cm³/mol. The van der Waals surface area contributed by atoms with E-state index in [-0.39, 0.29) is 0 Å². The maximum atomic E-state index is 13.0. The average molecular weight is 499 g/mol. The van der Waals surface area contributed by atoms with Gasteiger partial charge in [-0.2, -0.15) is 0 Å². The van der Waals surface area contributed by atoms with E-state index in [9.17, 15) is 4.79 Å². The summed E-state index contributed by atoms with van der Waals surface area (Å²) >= 11 is 0. The van der Waals surface area contributed by atoms with Crippen molar-refractivity contribution in [3.63, 3.8) is 0 Å². The number of rotatable bonds is 10. The molecular weight excluding hydrogens is 436 g/mol. The predicted octanol–water partition coefficient (Wildman–Crippen LogP) is 10.7. The van der Waals surface area contributed by atoms with Crippen LogP contribution in [0.5, 0.6) is 0 Å². The van der Waals surface area contributed by atoms with Crippen molar-refractivity contribution in [3.05, 3.63) is 0 Å². The number of carbonyl (C=O) groups is 1. The quantitative estimate of drug-likeness (QED) is 0.293. The van der Waals surface area contributed by atoms with Gasteiger partial charge in [-0.15, -0.1) is 0 Å². The van der Waals surface area contributed by atoms with Crippen LogP contribution in [0.25, 0.3) is 0 Å². The summed E-state index contributed by atoms with van der Waals surface area (Å²) in [6.45, 7) is 9.80. The lowest BCUT2D eigenvalue weighted by Crippen LogP contribution is -2.32. The molecule has 0 radical (unpaired) electrons. The third kappa shape index (κ3) is 7.85. The second-order valence-electron chi connectivity index (χ2n) is 14.7. The van der Waals surface area contributed by atoms with Crippen molar-refractivity contribution in [1.29, 1.82) is 0 Å². The zero-order valence-corrected chi connectivity index (χ0v) is 24.8. The molecule has 0 aromatic heterocycles.